The Morgan fingerprint density at radius 2 is 2.00 bits per heavy atom. The van der Waals surface area contributed by atoms with E-state index in [0.717, 1.165) is 68.3 Å². The van der Waals surface area contributed by atoms with Crippen molar-refractivity contribution in [1.29, 1.82) is 0 Å². The molecule has 0 radical (unpaired) electrons. The highest BCUT2D eigenvalue weighted by molar-refractivity contribution is 5.80. The first-order valence-corrected chi connectivity index (χ1v) is 10.4. The molecule has 1 fully saturated rings. The van der Waals surface area contributed by atoms with E-state index in [1.54, 1.807) is 13.4 Å². The zero-order valence-corrected chi connectivity index (χ0v) is 17.3. The number of hydrogen-bond acceptors (Lipinski definition) is 5. The van der Waals surface area contributed by atoms with E-state index in [1.807, 2.05) is 24.3 Å². The molecule has 1 heterocycles. The molecule has 1 aliphatic rings. The molecule has 1 aliphatic carbocycles. The molecule has 0 atom stereocenters. The number of nitrogens with zero attached hydrogens (tertiary/aromatic N) is 4. The van der Waals surface area contributed by atoms with Gasteiger partial charge in [-0.25, -0.2) is 4.99 Å². The molecule has 2 aromatic rings. The highest BCUT2D eigenvalue weighted by atomic mass is 16.5. The van der Waals surface area contributed by atoms with Crippen molar-refractivity contribution in [2.75, 3.05) is 13.7 Å². The zero-order chi connectivity index (χ0) is 20.5. The third kappa shape index (κ3) is 6.45. The highest BCUT2D eigenvalue weighted by Crippen LogP contribution is 2.18. The molecular weight excluding hydrogens is 368 g/mol. The Morgan fingerprint density at radius 1 is 1.24 bits per heavy atom. The number of rotatable bonds is 8. The highest BCUT2D eigenvalue weighted by Gasteiger charge is 2.20. The van der Waals surface area contributed by atoms with Crippen molar-refractivity contribution in [3.8, 4) is 5.75 Å². The van der Waals surface area contributed by atoms with Crippen LogP contribution < -0.4 is 15.4 Å². The van der Waals surface area contributed by atoms with E-state index in [9.17, 15) is 5.11 Å². The number of hydrogen-bond donors (Lipinski definition) is 3. The summed E-state index contributed by atoms with van der Waals surface area (Å²) >= 11 is 0. The van der Waals surface area contributed by atoms with Crippen molar-refractivity contribution in [2.24, 2.45) is 4.99 Å². The minimum atomic E-state index is -0.165. The standard InChI is InChI=1S/C21H32N6O2/c1-3-20-26-24-15-27(20)13-12-22-21(25-17-6-8-18(28)9-7-17)23-14-16-4-10-19(29-2)11-5-16/h4-5,10-11,15,17-18,28H,3,6-9,12-14H2,1-2H3,(H2,22,23,25). The summed E-state index contributed by atoms with van der Waals surface area (Å²) < 4.78 is 7.28. The zero-order valence-electron chi connectivity index (χ0n) is 17.3. The van der Waals surface area contributed by atoms with E-state index >= 15 is 0 Å². The smallest absolute Gasteiger partial charge is 0.191 e. The van der Waals surface area contributed by atoms with Gasteiger partial charge in [-0.05, 0) is 43.4 Å². The van der Waals surface area contributed by atoms with Gasteiger partial charge in [-0.15, -0.1) is 10.2 Å². The normalized spacial score (nSPS) is 19.8. The second-order valence-electron chi connectivity index (χ2n) is 7.38. The van der Waals surface area contributed by atoms with Crippen LogP contribution in [0.5, 0.6) is 5.75 Å². The fraction of sp³-hybridized carbons (Fsp3) is 0.571. The van der Waals surface area contributed by atoms with Crippen LogP contribution in [0.25, 0.3) is 0 Å². The number of nitrogens with one attached hydrogen (secondary N) is 2. The monoisotopic (exact) mass is 400 g/mol. The van der Waals surface area contributed by atoms with E-state index in [0.29, 0.717) is 12.6 Å². The summed E-state index contributed by atoms with van der Waals surface area (Å²) in [7, 11) is 1.67. The predicted octanol–water partition coefficient (Wildman–Crippen LogP) is 1.89. The van der Waals surface area contributed by atoms with E-state index in [2.05, 4.69) is 32.3 Å². The molecule has 0 unspecified atom stereocenters. The topological polar surface area (TPSA) is 96.6 Å². The minimum absolute atomic E-state index is 0.165. The quantitative estimate of drug-likeness (QED) is 0.463. The number of ether oxygens (including phenoxy) is 1. The lowest BCUT2D eigenvalue weighted by Gasteiger charge is -2.27. The maximum atomic E-state index is 9.75. The lowest BCUT2D eigenvalue weighted by Crippen LogP contribution is -2.46. The van der Waals surface area contributed by atoms with Gasteiger partial charge in [0, 0.05) is 25.6 Å². The van der Waals surface area contributed by atoms with Gasteiger partial charge < -0.3 is 25.0 Å². The van der Waals surface area contributed by atoms with E-state index in [4.69, 9.17) is 9.73 Å². The lowest BCUT2D eigenvalue weighted by molar-refractivity contribution is 0.120. The Kier molecular flexibility index (Phi) is 7.86. The summed E-state index contributed by atoms with van der Waals surface area (Å²) in [6.07, 6.45) is 6.05. The molecule has 0 saturated heterocycles. The van der Waals surface area contributed by atoms with Gasteiger partial charge in [0.05, 0.1) is 19.8 Å². The summed E-state index contributed by atoms with van der Waals surface area (Å²) in [6.45, 7) is 4.17. The first-order valence-electron chi connectivity index (χ1n) is 10.4. The van der Waals surface area contributed by atoms with Crippen molar-refractivity contribution >= 4 is 5.96 Å². The van der Waals surface area contributed by atoms with Gasteiger partial charge in [0.15, 0.2) is 5.96 Å². The number of aryl methyl sites for hydroxylation is 1. The molecule has 1 aromatic carbocycles. The third-order valence-corrected chi connectivity index (χ3v) is 5.27. The maximum absolute atomic E-state index is 9.75. The third-order valence-electron chi connectivity index (χ3n) is 5.27. The molecule has 29 heavy (non-hydrogen) atoms. The molecule has 0 bridgehead atoms. The molecular formula is C21H32N6O2. The van der Waals surface area contributed by atoms with Gasteiger partial charge in [0.2, 0.25) is 0 Å². The Hall–Kier alpha value is -2.61. The molecule has 8 nitrogen and oxygen atoms in total. The van der Waals surface area contributed by atoms with Crippen LogP contribution in [0.1, 0.15) is 44.0 Å². The van der Waals surface area contributed by atoms with Crippen LogP contribution in [-0.2, 0) is 19.5 Å². The van der Waals surface area contributed by atoms with Crippen molar-refractivity contribution in [3.05, 3.63) is 42.0 Å². The number of guanidine groups is 1. The number of aliphatic hydroxyl groups excluding tert-OH is 1. The lowest BCUT2D eigenvalue weighted by atomic mass is 9.93. The molecule has 1 saturated carbocycles. The predicted molar refractivity (Wildman–Crippen MR) is 113 cm³/mol. The number of methoxy groups -OCH3 is 1. The number of aliphatic hydroxyl groups is 1. The van der Waals surface area contributed by atoms with Crippen LogP contribution in [-0.4, -0.2) is 51.6 Å². The van der Waals surface area contributed by atoms with E-state index in [-0.39, 0.29) is 6.10 Å². The van der Waals surface area contributed by atoms with E-state index < -0.39 is 0 Å². The van der Waals surface area contributed by atoms with Gasteiger partial charge in [-0.3, -0.25) is 0 Å². The first-order chi connectivity index (χ1) is 14.2. The second kappa shape index (κ2) is 10.8. The minimum Gasteiger partial charge on any atom is -0.497 e. The van der Waals surface area contributed by atoms with Gasteiger partial charge in [0.1, 0.15) is 17.9 Å². The van der Waals surface area contributed by atoms with Crippen molar-refractivity contribution in [3.63, 3.8) is 0 Å². The fourth-order valence-corrected chi connectivity index (χ4v) is 3.50. The van der Waals surface area contributed by atoms with Crippen molar-refractivity contribution in [1.82, 2.24) is 25.4 Å². The molecule has 0 aliphatic heterocycles. The Labute approximate surface area is 172 Å². The molecule has 1 aromatic heterocycles. The summed E-state index contributed by atoms with van der Waals surface area (Å²) in [4.78, 5) is 4.77. The van der Waals surface area contributed by atoms with Crippen LogP contribution in [0, 0.1) is 0 Å². The van der Waals surface area contributed by atoms with Crippen molar-refractivity contribution < 1.29 is 9.84 Å². The van der Waals surface area contributed by atoms with Crippen LogP contribution in [0.15, 0.2) is 35.6 Å². The summed E-state index contributed by atoms with van der Waals surface area (Å²) in [5, 5.41) is 24.8. The molecule has 158 valence electrons. The molecule has 0 spiro atoms. The maximum Gasteiger partial charge on any atom is 0.191 e. The first kappa shape index (κ1) is 21.1. The summed E-state index contributed by atoms with van der Waals surface area (Å²) in [6, 6.07) is 8.29. The van der Waals surface area contributed by atoms with Crippen LogP contribution in [0.3, 0.4) is 0 Å². The van der Waals surface area contributed by atoms with Crippen LogP contribution in [0.2, 0.25) is 0 Å². The summed E-state index contributed by atoms with van der Waals surface area (Å²) in [5.41, 5.74) is 1.12. The number of aliphatic imine (C=N–C) groups is 1. The van der Waals surface area contributed by atoms with Gasteiger partial charge in [-0.2, -0.15) is 0 Å². The Morgan fingerprint density at radius 3 is 2.69 bits per heavy atom. The van der Waals surface area contributed by atoms with Crippen molar-refractivity contribution in [2.45, 2.75) is 64.3 Å². The van der Waals surface area contributed by atoms with Crippen LogP contribution >= 0.6 is 0 Å². The molecule has 3 N–H and O–H groups in total. The number of aromatic nitrogens is 3. The van der Waals surface area contributed by atoms with Gasteiger partial charge >= 0.3 is 0 Å². The molecule has 3 rings (SSSR count). The van der Waals surface area contributed by atoms with E-state index in [1.165, 1.54) is 0 Å². The SMILES string of the molecule is CCc1nncn1CCNC(=NCc1ccc(OC)cc1)NC1CCC(O)CC1. The Balaban J connectivity index is 1.60. The average molecular weight is 401 g/mol. The number of benzene rings is 1. The van der Waals surface area contributed by atoms with Crippen LogP contribution in [0.4, 0.5) is 0 Å². The average Bonchev–Trinajstić information content (AvgIpc) is 3.21. The largest absolute Gasteiger partial charge is 0.497 e. The molecule has 0 amide bonds. The van der Waals surface area contributed by atoms with Gasteiger partial charge in [0.25, 0.3) is 0 Å². The fourth-order valence-electron chi connectivity index (χ4n) is 3.50. The summed E-state index contributed by atoms with van der Waals surface area (Å²) in [5.74, 6) is 2.63. The van der Waals surface area contributed by atoms with Gasteiger partial charge in [-0.1, -0.05) is 19.1 Å². The molecule has 8 heteroatoms. The second-order valence-corrected chi connectivity index (χ2v) is 7.38. The Bertz CT molecular complexity index is 766.